The fourth-order valence-corrected chi connectivity index (χ4v) is 2.56. The normalized spacial score (nSPS) is 16.7. The summed E-state index contributed by atoms with van der Waals surface area (Å²) in [5.41, 5.74) is 5.10. The molecule has 2 heterocycles. The number of aromatic nitrogens is 1. The summed E-state index contributed by atoms with van der Waals surface area (Å²) in [5, 5.41) is 0. The van der Waals surface area contributed by atoms with Crippen molar-refractivity contribution in [3.63, 3.8) is 0 Å². The van der Waals surface area contributed by atoms with E-state index in [9.17, 15) is 14.4 Å². The molecule has 2 rings (SSSR count). The molecule has 1 aromatic rings. The highest BCUT2D eigenvalue weighted by Crippen LogP contribution is 2.32. The van der Waals surface area contributed by atoms with Gasteiger partial charge in [-0.05, 0) is 38.8 Å². The van der Waals surface area contributed by atoms with Crippen molar-refractivity contribution in [2.45, 2.75) is 26.7 Å². The van der Waals surface area contributed by atoms with Gasteiger partial charge in [-0.25, -0.2) is 0 Å². The summed E-state index contributed by atoms with van der Waals surface area (Å²) in [6.07, 6.45) is 2.47. The SMILES string of the molecule is CCOC(=O)C1(C)CCN(C(=O)c2ccc(C(N)=O)nc2)CC1. The van der Waals surface area contributed by atoms with Gasteiger partial charge >= 0.3 is 5.97 Å². The van der Waals surface area contributed by atoms with Gasteiger partial charge < -0.3 is 15.4 Å². The largest absolute Gasteiger partial charge is 0.466 e. The van der Waals surface area contributed by atoms with E-state index in [1.165, 1.54) is 18.3 Å². The number of hydrogen-bond donors (Lipinski definition) is 1. The summed E-state index contributed by atoms with van der Waals surface area (Å²) in [6.45, 7) is 4.96. The highest BCUT2D eigenvalue weighted by molar-refractivity contribution is 5.96. The number of hydrogen-bond acceptors (Lipinski definition) is 5. The van der Waals surface area contributed by atoms with Crippen LogP contribution in [0.15, 0.2) is 18.3 Å². The lowest BCUT2D eigenvalue weighted by molar-refractivity contribution is -0.156. The number of nitrogens with zero attached hydrogens (tertiary/aromatic N) is 2. The molecule has 1 fully saturated rings. The van der Waals surface area contributed by atoms with Crippen LogP contribution >= 0.6 is 0 Å². The molecule has 2 amide bonds. The Morgan fingerprint density at radius 3 is 2.43 bits per heavy atom. The van der Waals surface area contributed by atoms with E-state index in [0.717, 1.165) is 0 Å². The first kappa shape index (κ1) is 16.9. The maximum absolute atomic E-state index is 12.4. The van der Waals surface area contributed by atoms with Crippen LogP contribution in [0.3, 0.4) is 0 Å². The lowest BCUT2D eigenvalue weighted by atomic mass is 9.80. The number of pyridine rings is 1. The van der Waals surface area contributed by atoms with E-state index in [0.29, 0.717) is 38.1 Å². The highest BCUT2D eigenvalue weighted by Gasteiger charge is 2.39. The molecule has 7 heteroatoms. The average molecular weight is 319 g/mol. The van der Waals surface area contributed by atoms with Crippen molar-refractivity contribution >= 4 is 17.8 Å². The minimum absolute atomic E-state index is 0.120. The summed E-state index contributed by atoms with van der Waals surface area (Å²) < 4.78 is 5.10. The third-order valence-electron chi connectivity index (χ3n) is 4.19. The molecule has 23 heavy (non-hydrogen) atoms. The first-order valence-electron chi connectivity index (χ1n) is 7.60. The van der Waals surface area contributed by atoms with E-state index < -0.39 is 11.3 Å². The van der Waals surface area contributed by atoms with Crippen LogP contribution in [0.5, 0.6) is 0 Å². The molecule has 7 nitrogen and oxygen atoms in total. The van der Waals surface area contributed by atoms with Crippen molar-refractivity contribution in [3.8, 4) is 0 Å². The zero-order valence-electron chi connectivity index (χ0n) is 13.4. The molecule has 0 spiro atoms. The van der Waals surface area contributed by atoms with Gasteiger partial charge in [-0.2, -0.15) is 0 Å². The van der Waals surface area contributed by atoms with Crippen molar-refractivity contribution < 1.29 is 19.1 Å². The number of esters is 1. The molecular weight excluding hydrogens is 298 g/mol. The van der Waals surface area contributed by atoms with Gasteiger partial charge in [-0.15, -0.1) is 0 Å². The first-order chi connectivity index (χ1) is 10.9. The number of ether oxygens (including phenoxy) is 1. The maximum Gasteiger partial charge on any atom is 0.311 e. The van der Waals surface area contributed by atoms with Crippen molar-refractivity contribution in [1.82, 2.24) is 9.88 Å². The lowest BCUT2D eigenvalue weighted by Crippen LogP contribution is -2.45. The van der Waals surface area contributed by atoms with E-state index in [-0.39, 0.29) is 17.6 Å². The number of primary amides is 1. The lowest BCUT2D eigenvalue weighted by Gasteiger charge is -2.37. The van der Waals surface area contributed by atoms with Crippen molar-refractivity contribution in [1.29, 1.82) is 0 Å². The van der Waals surface area contributed by atoms with Crippen molar-refractivity contribution in [2.24, 2.45) is 11.1 Å². The Bertz CT molecular complexity index is 604. The number of amides is 2. The fourth-order valence-electron chi connectivity index (χ4n) is 2.56. The van der Waals surface area contributed by atoms with Crippen LogP contribution in [0, 0.1) is 5.41 Å². The van der Waals surface area contributed by atoms with E-state index in [1.54, 1.807) is 11.8 Å². The van der Waals surface area contributed by atoms with E-state index in [2.05, 4.69) is 4.98 Å². The van der Waals surface area contributed by atoms with Crippen LogP contribution in [0.2, 0.25) is 0 Å². The number of likely N-dealkylation sites (tertiary alicyclic amines) is 1. The number of piperidine rings is 1. The molecular formula is C16H21N3O4. The van der Waals surface area contributed by atoms with Crippen LogP contribution in [0.4, 0.5) is 0 Å². The van der Waals surface area contributed by atoms with E-state index in [1.807, 2.05) is 6.92 Å². The molecule has 0 atom stereocenters. The van der Waals surface area contributed by atoms with Crippen LogP contribution in [-0.2, 0) is 9.53 Å². The molecule has 1 aliphatic rings. The molecule has 0 aliphatic carbocycles. The highest BCUT2D eigenvalue weighted by atomic mass is 16.5. The Balaban J connectivity index is 2.00. The molecule has 1 aromatic heterocycles. The Labute approximate surface area is 134 Å². The Morgan fingerprint density at radius 1 is 1.30 bits per heavy atom. The third kappa shape index (κ3) is 3.67. The molecule has 124 valence electrons. The average Bonchev–Trinajstić information content (AvgIpc) is 2.55. The Morgan fingerprint density at radius 2 is 1.96 bits per heavy atom. The minimum Gasteiger partial charge on any atom is -0.466 e. The fraction of sp³-hybridized carbons (Fsp3) is 0.500. The molecule has 0 radical (unpaired) electrons. The van der Waals surface area contributed by atoms with Crippen molar-refractivity contribution in [3.05, 3.63) is 29.6 Å². The number of carbonyl (C=O) groups is 3. The molecule has 1 aliphatic heterocycles. The third-order valence-corrected chi connectivity index (χ3v) is 4.19. The van der Waals surface area contributed by atoms with Gasteiger partial charge in [0, 0.05) is 19.3 Å². The summed E-state index contributed by atoms with van der Waals surface area (Å²) in [6, 6.07) is 2.97. The second kappa shape index (κ2) is 6.76. The zero-order valence-corrected chi connectivity index (χ0v) is 13.4. The monoisotopic (exact) mass is 319 g/mol. The summed E-state index contributed by atoms with van der Waals surface area (Å²) in [5.74, 6) is -1.01. The molecule has 0 unspecified atom stereocenters. The molecule has 0 bridgehead atoms. The van der Waals surface area contributed by atoms with E-state index in [4.69, 9.17) is 10.5 Å². The maximum atomic E-state index is 12.4. The second-order valence-corrected chi connectivity index (χ2v) is 5.87. The minimum atomic E-state index is -0.632. The van der Waals surface area contributed by atoms with Gasteiger partial charge in [0.2, 0.25) is 0 Å². The zero-order chi connectivity index (χ0) is 17.0. The van der Waals surface area contributed by atoms with Gasteiger partial charge in [-0.3, -0.25) is 19.4 Å². The quantitative estimate of drug-likeness (QED) is 0.834. The predicted octanol–water partition coefficient (Wildman–Crippen LogP) is 0.986. The standard InChI is InChI=1S/C16H21N3O4/c1-3-23-15(22)16(2)6-8-19(9-7-16)14(21)11-4-5-12(13(17)20)18-10-11/h4-5,10H,3,6-9H2,1-2H3,(H2,17,20). The summed E-state index contributed by atoms with van der Waals surface area (Å²) in [4.78, 5) is 41.0. The van der Waals surface area contributed by atoms with Gasteiger partial charge in [-0.1, -0.05) is 0 Å². The Hall–Kier alpha value is -2.44. The second-order valence-electron chi connectivity index (χ2n) is 5.87. The number of nitrogens with two attached hydrogens (primary N) is 1. The van der Waals surface area contributed by atoms with Crippen molar-refractivity contribution in [2.75, 3.05) is 19.7 Å². The molecule has 0 aromatic carbocycles. The predicted molar refractivity (Wildman–Crippen MR) is 82.6 cm³/mol. The van der Waals surface area contributed by atoms with Crippen LogP contribution in [0.25, 0.3) is 0 Å². The van der Waals surface area contributed by atoms with Gasteiger partial charge in [0.25, 0.3) is 11.8 Å². The molecule has 1 saturated heterocycles. The first-order valence-corrected chi connectivity index (χ1v) is 7.60. The van der Waals surface area contributed by atoms with Crippen LogP contribution in [-0.4, -0.2) is 47.4 Å². The number of carbonyl (C=O) groups excluding carboxylic acids is 3. The Kier molecular flexibility index (Phi) is 4.98. The van der Waals surface area contributed by atoms with Crippen LogP contribution in [0.1, 0.15) is 47.5 Å². The summed E-state index contributed by atoms with van der Waals surface area (Å²) >= 11 is 0. The molecule has 0 saturated carbocycles. The topological polar surface area (TPSA) is 103 Å². The van der Waals surface area contributed by atoms with Gasteiger partial charge in [0.1, 0.15) is 5.69 Å². The smallest absolute Gasteiger partial charge is 0.311 e. The van der Waals surface area contributed by atoms with Gasteiger partial charge in [0.15, 0.2) is 0 Å². The molecule has 2 N–H and O–H groups in total. The van der Waals surface area contributed by atoms with Gasteiger partial charge in [0.05, 0.1) is 17.6 Å². The summed E-state index contributed by atoms with van der Waals surface area (Å²) in [7, 11) is 0. The number of rotatable bonds is 4. The van der Waals surface area contributed by atoms with E-state index >= 15 is 0 Å². The van der Waals surface area contributed by atoms with Crippen LogP contribution < -0.4 is 5.73 Å².